The summed E-state index contributed by atoms with van der Waals surface area (Å²) in [6.07, 6.45) is 5.45. The number of nitrogens with zero attached hydrogens (tertiary/aromatic N) is 3. The quantitative estimate of drug-likeness (QED) is 0.589. The Morgan fingerprint density at radius 2 is 1.89 bits per heavy atom. The zero-order chi connectivity index (χ0) is 19.2. The van der Waals surface area contributed by atoms with Gasteiger partial charge in [0.1, 0.15) is 0 Å². The number of hydrogen-bond acceptors (Lipinski definition) is 5. The van der Waals surface area contributed by atoms with Gasteiger partial charge in [-0.25, -0.2) is 0 Å². The van der Waals surface area contributed by atoms with E-state index >= 15 is 0 Å². The first-order valence-corrected chi connectivity index (χ1v) is 9.74. The van der Waals surface area contributed by atoms with E-state index in [-0.39, 0.29) is 11.9 Å². The molecule has 2 atom stereocenters. The number of H-pyrrole nitrogens is 1. The predicted octanol–water partition coefficient (Wildman–Crippen LogP) is 3.79. The van der Waals surface area contributed by atoms with Crippen molar-refractivity contribution >= 4 is 17.5 Å². The summed E-state index contributed by atoms with van der Waals surface area (Å²) in [6, 6.07) is 18.2. The molecule has 2 aromatic carbocycles. The minimum Gasteiger partial charge on any atom is -0.349 e. The van der Waals surface area contributed by atoms with Crippen LogP contribution in [-0.4, -0.2) is 32.6 Å². The average molecular weight is 376 g/mol. The molecular weight excluding hydrogens is 352 g/mol. The van der Waals surface area contributed by atoms with Crippen LogP contribution in [0.3, 0.4) is 0 Å². The Hall–Kier alpha value is -3.22. The molecule has 144 valence electrons. The lowest BCUT2D eigenvalue weighted by atomic mass is 9.92. The molecule has 0 aliphatic heterocycles. The van der Waals surface area contributed by atoms with Gasteiger partial charge in [-0.05, 0) is 60.6 Å². The van der Waals surface area contributed by atoms with Gasteiger partial charge in [-0.1, -0.05) is 47.9 Å². The van der Waals surface area contributed by atoms with E-state index in [0.717, 1.165) is 31.4 Å². The summed E-state index contributed by atoms with van der Waals surface area (Å²) in [5.74, 6) is 0.916. The number of benzene rings is 2. The molecule has 0 bridgehead atoms. The Bertz CT molecular complexity index is 896. The Morgan fingerprint density at radius 3 is 2.71 bits per heavy atom. The topological polar surface area (TPSA) is 95.6 Å². The summed E-state index contributed by atoms with van der Waals surface area (Å²) >= 11 is 0. The summed E-state index contributed by atoms with van der Waals surface area (Å²) in [5.41, 5.74) is 2.78. The van der Waals surface area contributed by atoms with E-state index in [9.17, 15) is 4.79 Å². The molecule has 28 heavy (non-hydrogen) atoms. The van der Waals surface area contributed by atoms with Crippen molar-refractivity contribution in [3.05, 3.63) is 65.7 Å². The Morgan fingerprint density at radius 1 is 1.00 bits per heavy atom. The zero-order valence-electron chi connectivity index (χ0n) is 15.6. The minimum atomic E-state index is -0.0417. The minimum absolute atomic E-state index is 0.0417. The van der Waals surface area contributed by atoms with Crippen molar-refractivity contribution in [1.29, 1.82) is 0 Å². The highest BCUT2D eigenvalue weighted by Gasteiger charge is 2.21. The van der Waals surface area contributed by atoms with Gasteiger partial charge in [0.05, 0.1) is 0 Å². The average Bonchev–Trinajstić information content (AvgIpc) is 3.13. The molecule has 1 amide bonds. The highest BCUT2D eigenvalue weighted by molar-refractivity contribution is 5.95. The van der Waals surface area contributed by atoms with Crippen LogP contribution in [0.25, 0.3) is 0 Å². The van der Waals surface area contributed by atoms with Gasteiger partial charge in [-0.2, -0.15) is 5.21 Å². The first-order valence-electron chi connectivity index (χ1n) is 9.74. The van der Waals surface area contributed by atoms with Gasteiger partial charge in [0.15, 0.2) is 0 Å². The lowest BCUT2D eigenvalue weighted by molar-refractivity contribution is 0.0933. The van der Waals surface area contributed by atoms with Gasteiger partial charge in [0.25, 0.3) is 11.9 Å². The second kappa shape index (κ2) is 8.65. The normalized spacial score (nSPS) is 19.6. The van der Waals surface area contributed by atoms with E-state index < -0.39 is 0 Å². The number of tetrazole rings is 1. The second-order valence-electron chi connectivity index (χ2n) is 7.23. The van der Waals surface area contributed by atoms with Crippen molar-refractivity contribution in [3.8, 4) is 0 Å². The summed E-state index contributed by atoms with van der Waals surface area (Å²) in [6.45, 7) is 0. The Kier molecular flexibility index (Phi) is 5.61. The van der Waals surface area contributed by atoms with Crippen molar-refractivity contribution in [2.24, 2.45) is 0 Å². The van der Waals surface area contributed by atoms with E-state index in [2.05, 4.69) is 61.6 Å². The van der Waals surface area contributed by atoms with Gasteiger partial charge >= 0.3 is 0 Å². The van der Waals surface area contributed by atoms with Crippen LogP contribution in [0.5, 0.6) is 0 Å². The van der Waals surface area contributed by atoms with Crippen LogP contribution in [-0.2, 0) is 0 Å². The van der Waals surface area contributed by atoms with E-state index in [1.807, 2.05) is 18.2 Å². The van der Waals surface area contributed by atoms with Crippen LogP contribution in [0.2, 0.25) is 0 Å². The number of hydrogen-bond donors (Lipinski definition) is 3. The van der Waals surface area contributed by atoms with E-state index in [0.29, 0.717) is 17.4 Å². The number of aromatic amines is 1. The molecule has 1 heterocycles. The third-order valence-electron chi connectivity index (χ3n) is 5.30. The summed E-state index contributed by atoms with van der Waals surface area (Å²) < 4.78 is 0. The maximum absolute atomic E-state index is 12.7. The zero-order valence-corrected chi connectivity index (χ0v) is 15.6. The number of carbonyl (C=O) groups is 1. The summed E-state index contributed by atoms with van der Waals surface area (Å²) in [7, 11) is 0. The standard InChI is InChI=1S/C21H24N6O/c28-20(17-9-5-11-19(14-17)23-21-24-26-27-25-21)22-18-10-4-8-16(12-13-18)15-6-2-1-3-7-15/h1-3,5-7,9,11,14,16,18H,4,8,10,12-13H2,(H,22,28)(H2,23,24,25,26,27). The molecule has 7 heteroatoms. The van der Waals surface area contributed by atoms with Gasteiger partial charge in [0, 0.05) is 17.3 Å². The summed E-state index contributed by atoms with van der Waals surface area (Å²) in [5, 5.41) is 19.9. The predicted molar refractivity (Wildman–Crippen MR) is 107 cm³/mol. The molecule has 2 unspecified atom stereocenters. The largest absolute Gasteiger partial charge is 0.349 e. The molecule has 1 saturated carbocycles. The van der Waals surface area contributed by atoms with Crippen LogP contribution < -0.4 is 10.6 Å². The Balaban J connectivity index is 1.36. The molecule has 0 radical (unpaired) electrons. The molecule has 7 nitrogen and oxygen atoms in total. The summed E-state index contributed by atoms with van der Waals surface area (Å²) in [4.78, 5) is 12.7. The molecule has 3 N–H and O–H groups in total. The molecule has 4 rings (SSSR count). The molecule has 0 saturated heterocycles. The van der Waals surface area contributed by atoms with Crippen molar-refractivity contribution in [1.82, 2.24) is 25.9 Å². The molecule has 1 fully saturated rings. The van der Waals surface area contributed by atoms with Crippen molar-refractivity contribution in [3.63, 3.8) is 0 Å². The van der Waals surface area contributed by atoms with Crippen molar-refractivity contribution < 1.29 is 4.79 Å². The number of nitrogens with one attached hydrogen (secondary N) is 3. The smallest absolute Gasteiger partial charge is 0.267 e. The molecule has 1 aliphatic rings. The molecular formula is C21H24N6O. The van der Waals surface area contributed by atoms with E-state index in [1.54, 1.807) is 6.07 Å². The van der Waals surface area contributed by atoms with Gasteiger partial charge in [-0.3, -0.25) is 4.79 Å². The first-order chi connectivity index (χ1) is 13.8. The third kappa shape index (κ3) is 4.54. The maximum atomic E-state index is 12.7. The van der Waals surface area contributed by atoms with Gasteiger partial charge in [0.2, 0.25) is 0 Å². The van der Waals surface area contributed by atoms with Crippen molar-refractivity contribution in [2.45, 2.75) is 44.1 Å². The third-order valence-corrected chi connectivity index (χ3v) is 5.30. The van der Waals surface area contributed by atoms with Crippen LogP contribution in [0.4, 0.5) is 11.6 Å². The maximum Gasteiger partial charge on any atom is 0.267 e. The Labute approximate surface area is 163 Å². The number of aromatic nitrogens is 4. The van der Waals surface area contributed by atoms with E-state index in [1.165, 1.54) is 12.0 Å². The lowest BCUT2D eigenvalue weighted by Gasteiger charge is -2.17. The SMILES string of the molecule is O=C(NC1CCCC(c2ccccc2)CC1)c1cccc(Nc2nn[nH]n2)c1. The lowest BCUT2D eigenvalue weighted by Crippen LogP contribution is -2.34. The fourth-order valence-corrected chi connectivity index (χ4v) is 3.86. The van der Waals surface area contributed by atoms with Crippen molar-refractivity contribution in [2.75, 3.05) is 5.32 Å². The van der Waals surface area contributed by atoms with E-state index in [4.69, 9.17) is 0 Å². The monoisotopic (exact) mass is 376 g/mol. The van der Waals surface area contributed by atoms with Crippen LogP contribution in [0.15, 0.2) is 54.6 Å². The van der Waals surface area contributed by atoms with Gasteiger partial charge < -0.3 is 10.6 Å². The molecule has 3 aromatic rings. The van der Waals surface area contributed by atoms with Crippen LogP contribution >= 0.6 is 0 Å². The molecule has 1 aliphatic carbocycles. The number of rotatable bonds is 5. The number of amides is 1. The highest BCUT2D eigenvalue weighted by atomic mass is 16.1. The van der Waals surface area contributed by atoms with Gasteiger partial charge in [-0.15, -0.1) is 5.10 Å². The number of carbonyl (C=O) groups excluding carboxylic acids is 1. The van der Waals surface area contributed by atoms with Crippen LogP contribution in [0, 0.1) is 0 Å². The molecule has 1 aromatic heterocycles. The fourth-order valence-electron chi connectivity index (χ4n) is 3.86. The fraction of sp³-hybridized carbons (Fsp3) is 0.333. The second-order valence-corrected chi connectivity index (χ2v) is 7.23. The molecule has 0 spiro atoms. The first kappa shape index (κ1) is 18.2. The highest BCUT2D eigenvalue weighted by Crippen LogP contribution is 2.31. The van der Waals surface area contributed by atoms with Crippen LogP contribution in [0.1, 0.15) is 53.9 Å². The number of anilines is 2.